The molecule has 3 rings (SSSR count). The van der Waals surface area contributed by atoms with Crippen molar-refractivity contribution < 1.29 is 18.7 Å². The third kappa shape index (κ3) is 3.34. The van der Waals surface area contributed by atoms with Gasteiger partial charge >= 0.3 is 0 Å². The van der Waals surface area contributed by atoms with Crippen LogP contribution in [0.1, 0.15) is 35.8 Å². The lowest BCUT2D eigenvalue weighted by Gasteiger charge is -2.32. The minimum absolute atomic E-state index is 0.0188. The predicted molar refractivity (Wildman–Crippen MR) is 89.5 cm³/mol. The number of carbonyl (C=O) groups is 1. The largest absolute Gasteiger partial charge is 0.387 e. The first-order valence-corrected chi connectivity index (χ1v) is 8.32. The highest BCUT2D eigenvalue weighted by molar-refractivity contribution is 6.35. The average Bonchev–Trinajstić information content (AvgIpc) is 2.57. The molecule has 0 aliphatic heterocycles. The first-order chi connectivity index (χ1) is 11.8. The molecule has 0 saturated heterocycles. The number of alkyl halides is 1. The molecule has 0 radical (unpaired) electrons. The minimum Gasteiger partial charge on any atom is -0.387 e. The Kier molecular flexibility index (Phi) is 4.95. The molecule has 4 nitrogen and oxygen atoms in total. The fourth-order valence-electron chi connectivity index (χ4n) is 2.91. The molecular formula is C17H14Cl2F2N2O2. The van der Waals surface area contributed by atoms with Crippen molar-refractivity contribution in [2.45, 2.75) is 31.2 Å². The van der Waals surface area contributed by atoms with E-state index in [-0.39, 0.29) is 46.3 Å². The van der Waals surface area contributed by atoms with Gasteiger partial charge in [0.2, 0.25) is 5.67 Å². The number of rotatable bonds is 3. The van der Waals surface area contributed by atoms with Gasteiger partial charge in [-0.1, -0.05) is 29.3 Å². The molecular weight excluding hydrogens is 373 g/mol. The van der Waals surface area contributed by atoms with Crippen molar-refractivity contribution in [3.8, 4) is 0 Å². The van der Waals surface area contributed by atoms with E-state index in [2.05, 4.69) is 10.3 Å². The Balaban J connectivity index is 1.84. The van der Waals surface area contributed by atoms with Crippen LogP contribution in [0.15, 0.2) is 30.5 Å². The van der Waals surface area contributed by atoms with Gasteiger partial charge in [-0.2, -0.15) is 0 Å². The molecule has 0 spiro atoms. The molecule has 1 amide bonds. The molecule has 2 atom stereocenters. The van der Waals surface area contributed by atoms with E-state index in [1.165, 1.54) is 24.4 Å². The monoisotopic (exact) mass is 386 g/mol. The number of hydrogen-bond donors (Lipinski definition) is 2. The summed E-state index contributed by atoms with van der Waals surface area (Å²) in [4.78, 5) is 16.4. The first-order valence-electron chi connectivity index (χ1n) is 7.57. The van der Waals surface area contributed by atoms with Crippen LogP contribution in [0.3, 0.4) is 0 Å². The highest BCUT2D eigenvalue weighted by Gasteiger charge is 2.46. The topological polar surface area (TPSA) is 62.2 Å². The number of nitrogens with zero attached hydrogens (tertiary/aromatic N) is 1. The van der Waals surface area contributed by atoms with Crippen molar-refractivity contribution in [2.75, 3.05) is 0 Å². The van der Waals surface area contributed by atoms with Crippen LogP contribution < -0.4 is 5.32 Å². The fourth-order valence-corrected chi connectivity index (χ4v) is 3.45. The maximum Gasteiger partial charge on any atom is 0.262 e. The number of halogens is 4. The average molecular weight is 387 g/mol. The van der Waals surface area contributed by atoms with E-state index >= 15 is 4.39 Å². The standard InChI is InChI=1S/C17H14Cl2F2N2O2/c18-9-6-12(19)10(13(20)7-9)8-23-16(25)17(21)4-3-14(24)15-11(17)2-1-5-22-15/h1-2,5-7,14,24H,3-4,8H2,(H,23,25). The van der Waals surface area contributed by atoms with Gasteiger partial charge in [-0.25, -0.2) is 8.78 Å². The number of benzene rings is 1. The lowest BCUT2D eigenvalue weighted by Crippen LogP contribution is -2.44. The van der Waals surface area contributed by atoms with E-state index in [0.717, 1.165) is 6.07 Å². The molecule has 2 aromatic rings. The molecule has 8 heteroatoms. The van der Waals surface area contributed by atoms with Crippen LogP contribution in [0.2, 0.25) is 10.0 Å². The summed E-state index contributed by atoms with van der Waals surface area (Å²) in [5, 5.41) is 12.5. The molecule has 2 N–H and O–H groups in total. The Labute approximate surface area is 152 Å². The number of aromatic nitrogens is 1. The zero-order valence-corrected chi connectivity index (χ0v) is 14.4. The molecule has 1 aliphatic rings. The van der Waals surface area contributed by atoms with Crippen LogP contribution in [-0.4, -0.2) is 16.0 Å². The van der Waals surface area contributed by atoms with Gasteiger partial charge in [0, 0.05) is 33.9 Å². The van der Waals surface area contributed by atoms with Gasteiger partial charge < -0.3 is 10.4 Å². The van der Waals surface area contributed by atoms with Crippen LogP contribution in [0.4, 0.5) is 8.78 Å². The van der Waals surface area contributed by atoms with E-state index in [1.807, 2.05) is 0 Å². The van der Waals surface area contributed by atoms with Gasteiger partial charge in [-0.3, -0.25) is 9.78 Å². The smallest absolute Gasteiger partial charge is 0.262 e. The molecule has 25 heavy (non-hydrogen) atoms. The summed E-state index contributed by atoms with van der Waals surface area (Å²) in [5.74, 6) is -1.62. The van der Waals surface area contributed by atoms with Crippen LogP contribution in [0.5, 0.6) is 0 Å². The second-order valence-electron chi connectivity index (χ2n) is 5.82. The van der Waals surface area contributed by atoms with Crippen molar-refractivity contribution in [3.63, 3.8) is 0 Å². The van der Waals surface area contributed by atoms with Crippen molar-refractivity contribution in [1.82, 2.24) is 10.3 Å². The number of hydrogen-bond acceptors (Lipinski definition) is 3. The molecule has 1 aromatic heterocycles. The SMILES string of the molecule is O=C(NCc1c(F)cc(Cl)cc1Cl)C1(F)CCC(O)c2ncccc21. The van der Waals surface area contributed by atoms with Crippen molar-refractivity contribution >= 4 is 29.1 Å². The Bertz CT molecular complexity index is 811. The maximum atomic E-state index is 15.4. The fraction of sp³-hybridized carbons (Fsp3) is 0.294. The van der Waals surface area contributed by atoms with Crippen LogP contribution >= 0.6 is 23.2 Å². The summed E-state index contributed by atoms with van der Waals surface area (Å²) >= 11 is 11.6. The molecule has 0 bridgehead atoms. The highest BCUT2D eigenvalue weighted by atomic mass is 35.5. The summed E-state index contributed by atoms with van der Waals surface area (Å²) in [6.07, 6.45) is 0.365. The second kappa shape index (κ2) is 6.86. The molecule has 1 aromatic carbocycles. The molecule has 1 aliphatic carbocycles. The highest BCUT2D eigenvalue weighted by Crippen LogP contribution is 2.42. The van der Waals surface area contributed by atoms with Gasteiger partial charge in [0.05, 0.1) is 11.8 Å². The van der Waals surface area contributed by atoms with E-state index in [4.69, 9.17) is 23.2 Å². The Morgan fingerprint density at radius 2 is 2.20 bits per heavy atom. The third-order valence-electron chi connectivity index (χ3n) is 4.23. The molecule has 2 unspecified atom stereocenters. The lowest BCUT2D eigenvalue weighted by atomic mass is 9.81. The number of amides is 1. The van der Waals surface area contributed by atoms with E-state index in [9.17, 15) is 14.3 Å². The number of fused-ring (bicyclic) bond motifs is 1. The third-order valence-corrected chi connectivity index (χ3v) is 4.79. The lowest BCUT2D eigenvalue weighted by molar-refractivity contribution is -0.135. The van der Waals surface area contributed by atoms with Gasteiger partial charge in [-0.15, -0.1) is 0 Å². The summed E-state index contributed by atoms with van der Waals surface area (Å²) < 4.78 is 29.3. The van der Waals surface area contributed by atoms with Crippen molar-refractivity contribution in [2.24, 2.45) is 0 Å². The Morgan fingerprint density at radius 1 is 1.44 bits per heavy atom. The van der Waals surface area contributed by atoms with Crippen LogP contribution in [0, 0.1) is 5.82 Å². The van der Waals surface area contributed by atoms with Gasteiger partial charge in [-0.05, 0) is 31.0 Å². The summed E-state index contributed by atoms with van der Waals surface area (Å²) in [6.45, 7) is -0.287. The normalized spacial score (nSPS) is 22.4. The molecule has 132 valence electrons. The number of pyridine rings is 1. The van der Waals surface area contributed by atoms with Crippen LogP contribution in [0.25, 0.3) is 0 Å². The second-order valence-corrected chi connectivity index (χ2v) is 6.67. The molecule has 1 heterocycles. The van der Waals surface area contributed by atoms with Gasteiger partial charge in [0.25, 0.3) is 5.91 Å². The maximum absolute atomic E-state index is 15.4. The Hall–Kier alpha value is -1.76. The number of aliphatic hydroxyl groups excluding tert-OH is 1. The summed E-state index contributed by atoms with van der Waals surface area (Å²) in [6, 6.07) is 5.32. The van der Waals surface area contributed by atoms with Gasteiger partial charge in [0.1, 0.15) is 5.82 Å². The Morgan fingerprint density at radius 3 is 2.92 bits per heavy atom. The summed E-state index contributed by atoms with van der Waals surface area (Å²) in [5.41, 5.74) is -2.17. The first kappa shape index (κ1) is 18.0. The van der Waals surface area contributed by atoms with E-state index < -0.39 is 23.5 Å². The molecule has 0 saturated carbocycles. The zero-order valence-electron chi connectivity index (χ0n) is 12.9. The number of nitrogens with one attached hydrogen (secondary N) is 1. The quantitative estimate of drug-likeness (QED) is 0.842. The summed E-state index contributed by atoms with van der Waals surface area (Å²) in [7, 11) is 0. The van der Waals surface area contributed by atoms with Crippen molar-refractivity contribution in [3.05, 3.63) is 63.1 Å². The minimum atomic E-state index is -2.35. The predicted octanol–water partition coefficient (Wildman–Crippen LogP) is 3.84. The molecule has 0 fully saturated rings. The zero-order chi connectivity index (χ0) is 18.2. The number of aliphatic hydroxyl groups is 1. The van der Waals surface area contributed by atoms with E-state index in [1.54, 1.807) is 0 Å². The van der Waals surface area contributed by atoms with Crippen LogP contribution in [-0.2, 0) is 17.0 Å². The van der Waals surface area contributed by atoms with Crippen molar-refractivity contribution in [1.29, 1.82) is 0 Å². The van der Waals surface area contributed by atoms with Gasteiger partial charge in [0.15, 0.2) is 0 Å². The number of carbonyl (C=O) groups excluding carboxylic acids is 1. The van der Waals surface area contributed by atoms with E-state index in [0.29, 0.717) is 0 Å².